The highest BCUT2D eigenvalue weighted by molar-refractivity contribution is 5.75. The van der Waals surface area contributed by atoms with Crippen LogP contribution in [0.15, 0.2) is 16.5 Å². The number of tetrazole rings is 1. The highest BCUT2D eigenvalue weighted by Gasteiger charge is 2.36. The number of carbonyl (C=O) groups excluding carboxylic acids is 1. The second-order valence-corrected chi connectivity index (χ2v) is 5.23. The summed E-state index contributed by atoms with van der Waals surface area (Å²) < 4.78 is 5.76. The molecule has 2 aromatic rings. The van der Waals surface area contributed by atoms with Gasteiger partial charge in [0.05, 0.1) is 6.54 Å². The number of hydrogen-bond donors (Lipinski definition) is 2. The topological polar surface area (TPSA) is 96.7 Å². The van der Waals surface area contributed by atoms with Crippen LogP contribution in [0, 0.1) is 5.92 Å². The first-order valence-electron chi connectivity index (χ1n) is 6.80. The van der Waals surface area contributed by atoms with Crippen molar-refractivity contribution in [1.29, 1.82) is 0 Å². The number of furan rings is 1. The molecular formula is C13H17N5O2. The Hall–Kier alpha value is -2.18. The highest BCUT2D eigenvalue weighted by atomic mass is 16.3. The Balaban J connectivity index is 1.42. The molecule has 7 heteroatoms. The molecule has 7 nitrogen and oxygen atoms in total. The van der Waals surface area contributed by atoms with Gasteiger partial charge in [0, 0.05) is 18.8 Å². The standard InChI is InChI=1S/C13H17N5O2/c1-8-6-10(8)11-4-2-9(20-11)3-5-13(19)14-7-12-15-17-18-16-12/h2,4,8,10H,3,5-7H2,1H3,(H,14,19)(H,15,16,17,18). The molecule has 0 radical (unpaired) electrons. The third-order valence-electron chi connectivity index (χ3n) is 3.59. The number of aromatic nitrogens is 4. The molecular weight excluding hydrogens is 258 g/mol. The van der Waals surface area contributed by atoms with Crippen molar-refractivity contribution in [2.24, 2.45) is 5.92 Å². The van der Waals surface area contributed by atoms with Gasteiger partial charge in [0.1, 0.15) is 11.5 Å². The zero-order valence-electron chi connectivity index (χ0n) is 11.3. The fraction of sp³-hybridized carbons (Fsp3) is 0.538. The Bertz CT molecular complexity index is 577. The molecule has 0 saturated heterocycles. The van der Waals surface area contributed by atoms with Gasteiger partial charge in [0.15, 0.2) is 5.82 Å². The van der Waals surface area contributed by atoms with E-state index in [1.165, 1.54) is 6.42 Å². The van der Waals surface area contributed by atoms with Crippen LogP contribution in [0.3, 0.4) is 0 Å². The molecule has 0 aromatic carbocycles. The minimum Gasteiger partial charge on any atom is -0.466 e. The summed E-state index contributed by atoms with van der Waals surface area (Å²) in [7, 11) is 0. The predicted molar refractivity (Wildman–Crippen MR) is 69.6 cm³/mol. The molecule has 20 heavy (non-hydrogen) atoms. The van der Waals surface area contributed by atoms with Crippen LogP contribution in [-0.2, 0) is 17.8 Å². The van der Waals surface area contributed by atoms with Gasteiger partial charge in [0.2, 0.25) is 5.91 Å². The van der Waals surface area contributed by atoms with Crippen molar-refractivity contribution in [3.63, 3.8) is 0 Å². The minimum absolute atomic E-state index is 0.0486. The van der Waals surface area contributed by atoms with E-state index in [1.54, 1.807) is 0 Å². The number of aromatic amines is 1. The number of carbonyl (C=O) groups is 1. The Morgan fingerprint density at radius 1 is 1.55 bits per heavy atom. The van der Waals surface area contributed by atoms with Crippen LogP contribution in [0.4, 0.5) is 0 Å². The van der Waals surface area contributed by atoms with Crippen LogP contribution in [0.25, 0.3) is 0 Å². The summed E-state index contributed by atoms with van der Waals surface area (Å²) in [4.78, 5) is 11.7. The van der Waals surface area contributed by atoms with Crippen LogP contribution < -0.4 is 5.32 Å². The molecule has 2 heterocycles. The van der Waals surface area contributed by atoms with Crippen molar-refractivity contribution in [2.45, 2.75) is 38.6 Å². The molecule has 1 aliphatic carbocycles. The number of nitrogens with one attached hydrogen (secondary N) is 2. The number of hydrogen-bond acceptors (Lipinski definition) is 5. The second-order valence-electron chi connectivity index (χ2n) is 5.23. The first-order valence-corrected chi connectivity index (χ1v) is 6.80. The number of nitrogens with zero attached hydrogens (tertiary/aromatic N) is 3. The number of amides is 1. The zero-order valence-corrected chi connectivity index (χ0v) is 11.3. The molecule has 1 fully saturated rings. The molecule has 1 saturated carbocycles. The van der Waals surface area contributed by atoms with Crippen LogP contribution in [0.1, 0.15) is 43.0 Å². The van der Waals surface area contributed by atoms with E-state index in [2.05, 4.69) is 32.9 Å². The Labute approximate surface area is 116 Å². The third kappa shape index (κ3) is 3.04. The van der Waals surface area contributed by atoms with Gasteiger partial charge >= 0.3 is 0 Å². The maximum absolute atomic E-state index is 11.7. The molecule has 3 rings (SSSR count). The largest absolute Gasteiger partial charge is 0.466 e. The lowest BCUT2D eigenvalue weighted by atomic mass is 10.2. The molecule has 2 unspecified atom stereocenters. The Morgan fingerprint density at radius 3 is 3.10 bits per heavy atom. The number of H-pyrrole nitrogens is 1. The van der Waals surface area contributed by atoms with Gasteiger partial charge in [-0.05, 0) is 24.5 Å². The summed E-state index contributed by atoms with van der Waals surface area (Å²) >= 11 is 0. The number of rotatable bonds is 6. The third-order valence-corrected chi connectivity index (χ3v) is 3.59. The van der Waals surface area contributed by atoms with Crippen molar-refractivity contribution in [3.05, 3.63) is 29.5 Å². The quantitative estimate of drug-likeness (QED) is 0.824. The van der Waals surface area contributed by atoms with Gasteiger partial charge in [-0.1, -0.05) is 12.1 Å². The summed E-state index contributed by atoms with van der Waals surface area (Å²) in [6.45, 7) is 2.51. The summed E-state index contributed by atoms with van der Waals surface area (Å²) in [6, 6.07) is 3.99. The lowest BCUT2D eigenvalue weighted by Crippen LogP contribution is -2.23. The van der Waals surface area contributed by atoms with Gasteiger partial charge < -0.3 is 9.73 Å². The maximum Gasteiger partial charge on any atom is 0.220 e. The molecule has 1 amide bonds. The van der Waals surface area contributed by atoms with Gasteiger partial charge in [0.25, 0.3) is 0 Å². The van der Waals surface area contributed by atoms with Crippen molar-refractivity contribution in [2.75, 3.05) is 0 Å². The van der Waals surface area contributed by atoms with E-state index >= 15 is 0 Å². The van der Waals surface area contributed by atoms with E-state index < -0.39 is 0 Å². The Morgan fingerprint density at radius 2 is 2.40 bits per heavy atom. The highest BCUT2D eigenvalue weighted by Crippen LogP contribution is 2.47. The molecule has 2 aromatic heterocycles. The minimum atomic E-state index is -0.0486. The maximum atomic E-state index is 11.7. The summed E-state index contributed by atoms with van der Waals surface area (Å²) in [6.07, 6.45) is 2.21. The monoisotopic (exact) mass is 275 g/mol. The Kier molecular flexibility index (Phi) is 3.49. The van der Waals surface area contributed by atoms with Gasteiger partial charge in [-0.25, -0.2) is 0 Å². The smallest absolute Gasteiger partial charge is 0.220 e. The van der Waals surface area contributed by atoms with Crippen LogP contribution in [0.2, 0.25) is 0 Å². The first kappa shape index (κ1) is 12.8. The normalized spacial score (nSPS) is 20.9. The van der Waals surface area contributed by atoms with Gasteiger partial charge in [-0.3, -0.25) is 4.79 Å². The molecule has 2 atom stereocenters. The first-order chi connectivity index (χ1) is 9.72. The van der Waals surface area contributed by atoms with Crippen LogP contribution in [-0.4, -0.2) is 26.5 Å². The van der Waals surface area contributed by atoms with Gasteiger partial charge in [-0.15, -0.1) is 10.2 Å². The van der Waals surface area contributed by atoms with E-state index in [4.69, 9.17) is 4.42 Å². The molecule has 0 aliphatic heterocycles. The number of aryl methyl sites for hydroxylation is 1. The van der Waals surface area contributed by atoms with Crippen molar-refractivity contribution in [1.82, 2.24) is 25.9 Å². The average Bonchev–Trinajstić information content (AvgIpc) is 2.92. The van der Waals surface area contributed by atoms with Crippen LogP contribution >= 0.6 is 0 Å². The van der Waals surface area contributed by atoms with Crippen molar-refractivity contribution >= 4 is 5.91 Å². The molecule has 1 aliphatic rings. The SMILES string of the molecule is CC1CC1c1ccc(CCC(=O)NCc2nn[nH]n2)o1. The molecule has 0 bridgehead atoms. The molecule has 0 spiro atoms. The zero-order chi connectivity index (χ0) is 13.9. The van der Waals surface area contributed by atoms with Crippen molar-refractivity contribution < 1.29 is 9.21 Å². The fourth-order valence-corrected chi connectivity index (χ4v) is 2.21. The fourth-order valence-electron chi connectivity index (χ4n) is 2.21. The van der Waals surface area contributed by atoms with E-state index in [9.17, 15) is 4.79 Å². The summed E-state index contributed by atoms with van der Waals surface area (Å²) in [5, 5.41) is 16.0. The molecule has 2 N–H and O–H groups in total. The lowest BCUT2D eigenvalue weighted by molar-refractivity contribution is -0.121. The van der Waals surface area contributed by atoms with E-state index in [0.717, 1.165) is 17.4 Å². The van der Waals surface area contributed by atoms with Gasteiger partial charge in [-0.2, -0.15) is 5.21 Å². The second kappa shape index (κ2) is 5.44. The van der Waals surface area contributed by atoms with E-state index in [1.807, 2.05) is 12.1 Å². The van der Waals surface area contributed by atoms with E-state index in [-0.39, 0.29) is 5.91 Å². The summed E-state index contributed by atoms with van der Waals surface area (Å²) in [5.41, 5.74) is 0. The lowest BCUT2D eigenvalue weighted by Gasteiger charge is -2.01. The van der Waals surface area contributed by atoms with Crippen molar-refractivity contribution in [3.8, 4) is 0 Å². The average molecular weight is 275 g/mol. The van der Waals surface area contributed by atoms with Crippen LogP contribution in [0.5, 0.6) is 0 Å². The van der Waals surface area contributed by atoms with E-state index in [0.29, 0.717) is 31.1 Å². The molecule has 106 valence electrons. The summed E-state index contributed by atoms with van der Waals surface area (Å²) in [5.74, 6) is 3.66. The predicted octanol–water partition coefficient (Wildman–Crippen LogP) is 1.17.